The largest absolute Gasteiger partial charge is 0.381 e. The molecule has 0 bridgehead atoms. The minimum atomic E-state index is 0.488. The second kappa shape index (κ2) is 5.48. The predicted molar refractivity (Wildman–Crippen MR) is 66.6 cm³/mol. The van der Waals surface area contributed by atoms with Crippen LogP contribution in [0.15, 0.2) is 0 Å². The Labute approximate surface area is 99.5 Å². The van der Waals surface area contributed by atoms with Crippen molar-refractivity contribution in [2.24, 2.45) is 11.3 Å². The summed E-state index contributed by atoms with van der Waals surface area (Å²) < 4.78 is 5.47. The molecule has 2 aliphatic heterocycles. The van der Waals surface area contributed by atoms with Crippen molar-refractivity contribution in [3.05, 3.63) is 0 Å². The first-order chi connectivity index (χ1) is 7.68. The van der Waals surface area contributed by atoms with Crippen LogP contribution in [0, 0.1) is 11.3 Å². The molecule has 3 nitrogen and oxygen atoms in total. The van der Waals surface area contributed by atoms with E-state index in [9.17, 15) is 0 Å². The molecular formula is C13H26N2O. The van der Waals surface area contributed by atoms with Crippen molar-refractivity contribution in [1.82, 2.24) is 10.2 Å². The highest BCUT2D eigenvalue weighted by Gasteiger charge is 2.30. The molecule has 2 saturated heterocycles. The van der Waals surface area contributed by atoms with Crippen LogP contribution in [0.25, 0.3) is 0 Å². The summed E-state index contributed by atoms with van der Waals surface area (Å²) in [6, 6.07) is 0. The average molecular weight is 226 g/mol. The zero-order valence-corrected chi connectivity index (χ0v) is 10.8. The van der Waals surface area contributed by atoms with E-state index < -0.39 is 0 Å². The quantitative estimate of drug-likeness (QED) is 0.769. The SMILES string of the molecule is CC1CNCCN(CC2(C)CCOCC2)C1. The van der Waals surface area contributed by atoms with Crippen LogP contribution in [-0.4, -0.2) is 50.8 Å². The number of nitrogens with zero attached hydrogens (tertiary/aromatic N) is 1. The van der Waals surface area contributed by atoms with Crippen LogP contribution in [0.1, 0.15) is 26.7 Å². The van der Waals surface area contributed by atoms with E-state index in [1.807, 2.05) is 0 Å². The first-order valence-corrected chi connectivity index (χ1v) is 6.69. The van der Waals surface area contributed by atoms with Crippen molar-refractivity contribution in [2.45, 2.75) is 26.7 Å². The van der Waals surface area contributed by atoms with Gasteiger partial charge in [0, 0.05) is 39.4 Å². The molecule has 0 aromatic heterocycles. The zero-order valence-electron chi connectivity index (χ0n) is 10.8. The molecule has 0 aliphatic carbocycles. The van der Waals surface area contributed by atoms with Crippen molar-refractivity contribution in [1.29, 1.82) is 0 Å². The molecule has 0 amide bonds. The highest BCUT2D eigenvalue weighted by atomic mass is 16.5. The Morgan fingerprint density at radius 2 is 2.12 bits per heavy atom. The highest BCUT2D eigenvalue weighted by molar-refractivity contribution is 4.83. The Morgan fingerprint density at radius 1 is 1.38 bits per heavy atom. The van der Waals surface area contributed by atoms with Gasteiger partial charge in [-0.05, 0) is 30.7 Å². The molecule has 0 aromatic rings. The summed E-state index contributed by atoms with van der Waals surface area (Å²) in [7, 11) is 0. The zero-order chi connectivity index (χ0) is 11.4. The first kappa shape index (κ1) is 12.3. The molecule has 1 N–H and O–H groups in total. The van der Waals surface area contributed by atoms with Gasteiger partial charge in [0.15, 0.2) is 0 Å². The van der Waals surface area contributed by atoms with Crippen LogP contribution in [0.3, 0.4) is 0 Å². The fourth-order valence-electron chi connectivity index (χ4n) is 2.89. The minimum absolute atomic E-state index is 0.488. The van der Waals surface area contributed by atoms with Gasteiger partial charge in [0.05, 0.1) is 0 Å². The summed E-state index contributed by atoms with van der Waals surface area (Å²) in [5.74, 6) is 0.783. The molecule has 0 saturated carbocycles. The summed E-state index contributed by atoms with van der Waals surface area (Å²) in [5.41, 5.74) is 0.488. The average Bonchev–Trinajstić information content (AvgIpc) is 2.43. The molecular weight excluding hydrogens is 200 g/mol. The van der Waals surface area contributed by atoms with Crippen molar-refractivity contribution < 1.29 is 4.74 Å². The molecule has 1 unspecified atom stereocenters. The lowest BCUT2D eigenvalue weighted by atomic mass is 9.82. The lowest BCUT2D eigenvalue weighted by Crippen LogP contribution is -2.41. The molecule has 0 aromatic carbocycles. The Kier molecular flexibility index (Phi) is 4.22. The van der Waals surface area contributed by atoms with Crippen LogP contribution in [0.5, 0.6) is 0 Å². The van der Waals surface area contributed by atoms with Crippen LogP contribution < -0.4 is 5.32 Å². The van der Waals surface area contributed by atoms with E-state index in [1.165, 1.54) is 39.0 Å². The molecule has 2 rings (SSSR count). The lowest BCUT2D eigenvalue weighted by molar-refractivity contribution is 0.00466. The van der Waals surface area contributed by atoms with E-state index in [-0.39, 0.29) is 0 Å². The van der Waals surface area contributed by atoms with Crippen LogP contribution in [-0.2, 0) is 4.74 Å². The standard InChI is InChI=1S/C13H26N2O/c1-12-9-14-5-6-15(10-12)11-13(2)3-7-16-8-4-13/h12,14H,3-11H2,1-2H3. The van der Waals surface area contributed by atoms with Gasteiger partial charge >= 0.3 is 0 Å². The number of ether oxygens (including phenoxy) is 1. The molecule has 1 atom stereocenters. The highest BCUT2D eigenvalue weighted by Crippen LogP contribution is 2.30. The Morgan fingerprint density at radius 3 is 2.88 bits per heavy atom. The lowest BCUT2D eigenvalue weighted by Gasteiger charge is -2.38. The van der Waals surface area contributed by atoms with Gasteiger partial charge in [0.1, 0.15) is 0 Å². The topological polar surface area (TPSA) is 24.5 Å². The van der Waals surface area contributed by atoms with Gasteiger partial charge in [-0.25, -0.2) is 0 Å². The van der Waals surface area contributed by atoms with E-state index >= 15 is 0 Å². The smallest absolute Gasteiger partial charge is 0.0471 e. The maximum Gasteiger partial charge on any atom is 0.0471 e. The van der Waals surface area contributed by atoms with Crippen LogP contribution in [0.2, 0.25) is 0 Å². The Hall–Kier alpha value is -0.120. The Bertz CT molecular complexity index is 214. The van der Waals surface area contributed by atoms with Gasteiger partial charge in [-0.15, -0.1) is 0 Å². The summed E-state index contributed by atoms with van der Waals surface area (Å²) in [6.07, 6.45) is 2.45. The van der Waals surface area contributed by atoms with Gasteiger partial charge in [-0.1, -0.05) is 13.8 Å². The summed E-state index contributed by atoms with van der Waals surface area (Å²) in [5, 5.41) is 3.51. The van der Waals surface area contributed by atoms with Crippen LogP contribution >= 0.6 is 0 Å². The summed E-state index contributed by atoms with van der Waals surface area (Å²) in [6.45, 7) is 12.7. The van der Waals surface area contributed by atoms with Gasteiger partial charge in [0.2, 0.25) is 0 Å². The van der Waals surface area contributed by atoms with Crippen molar-refractivity contribution in [3.8, 4) is 0 Å². The van der Waals surface area contributed by atoms with E-state index in [0.29, 0.717) is 5.41 Å². The number of nitrogens with one attached hydrogen (secondary N) is 1. The minimum Gasteiger partial charge on any atom is -0.381 e. The monoisotopic (exact) mass is 226 g/mol. The third-order valence-corrected chi connectivity index (χ3v) is 3.97. The number of hydrogen-bond donors (Lipinski definition) is 1. The van der Waals surface area contributed by atoms with Crippen LogP contribution in [0.4, 0.5) is 0 Å². The molecule has 16 heavy (non-hydrogen) atoms. The van der Waals surface area contributed by atoms with E-state index in [2.05, 4.69) is 24.1 Å². The molecule has 3 heteroatoms. The fraction of sp³-hybridized carbons (Fsp3) is 1.00. The third-order valence-electron chi connectivity index (χ3n) is 3.97. The van der Waals surface area contributed by atoms with Crippen molar-refractivity contribution >= 4 is 0 Å². The third kappa shape index (κ3) is 3.44. The predicted octanol–water partition coefficient (Wildman–Crippen LogP) is 1.34. The van der Waals surface area contributed by atoms with E-state index in [0.717, 1.165) is 25.7 Å². The number of hydrogen-bond acceptors (Lipinski definition) is 3. The normalized spacial score (nSPS) is 32.2. The summed E-state index contributed by atoms with van der Waals surface area (Å²) in [4.78, 5) is 2.65. The summed E-state index contributed by atoms with van der Waals surface area (Å²) >= 11 is 0. The van der Waals surface area contributed by atoms with Crippen molar-refractivity contribution in [2.75, 3.05) is 45.9 Å². The second-order valence-corrected chi connectivity index (χ2v) is 5.97. The van der Waals surface area contributed by atoms with Gasteiger partial charge in [0.25, 0.3) is 0 Å². The van der Waals surface area contributed by atoms with Gasteiger partial charge in [-0.3, -0.25) is 0 Å². The second-order valence-electron chi connectivity index (χ2n) is 5.97. The maximum atomic E-state index is 5.47. The molecule has 2 aliphatic rings. The van der Waals surface area contributed by atoms with E-state index in [4.69, 9.17) is 4.74 Å². The molecule has 0 spiro atoms. The van der Waals surface area contributed by atoms with Gasteiger partial charge < -0.3 is 15.0 Å². The fourth-order valence-corrected chi connectivity index (χ4v) is 2.89. The molecule has 2 heterocycles. The first-order valence-electron chi connectivity index (χ1n) is 6.69. The van der Waals surface area contributed by atoms with E-state index in [1.54, 1.807) is 0 Å². The molecule has 0 radical (unpaired) electrons. The number of rotatable bonds is 2. The molecule has 2 fully saturated rings. The molecule has 94 valence electrons. The van der Waals surface area contributed by atoms with Crippen molar-refractivity contribution in [3.63, 3.8) is 0 Å². The van der Waals surface area contributed by atoms with Gasteiger partial charge in [-0.2, -0.15) is 0 Å². The maximum absolute atomic E-state index is 5.47. The Balaban J connectivity index is 1.86.